The second-order valence-electron chi connectivity index (χ2n) is 7.31. The standard InChI is InChI=1S/C22H27N3O2.ClH/c1-24(22(26)27-15-14-25-12-10-23-11-13-25)16-21-19-8-4-2-6-17(19)18-7-3-5-9-20(18)21;/h2-9,21,23H,10-16H2,1H3;1H. The zero-order valence-electron chi connectivity index (χ0n) is 16.3. The van der Waals surface area contributed by atoms with E-state index in [9.17, 15) is 4.79 Å². The molecule has 0 saturated carbocycles. The van der Waals surface area contributed by atoms with Crippen LogP contribution < -0.4 is 5.32 Å². The van der Waals surface area contributed by atoms with Crippen LogP contribution in [-0.2, 0) is 4.74 Å². The average molecular weight is 402 g/mol. The molecule has 1 fully saturated rings. The number of nitrogens with zero attached hydrogens (tertiary/aromatic N) is 2. The minimum atomic E-state index is -0.244. The lowest BCUT2D eigenvalue weighted by Crippen LogP contribution is -2.45. The highest BCUT2D eigenvalue weighted by Gasteiger charge is 2.30. The van der Waals surface area contributed by atoms with Gasteiger partial charge in [-0.25, -0.2) is 4.79 Å². The fraction of sp³-hybridized carbons (Fsp3) is 0.409. The molecular weight excluding hydrogens is 374 g/mol. The summed E-state index contributed by atoms with van der Waals surface area (Å²) < 4.78 is 5.52. The number of hydrogen-bond acceptors (Lipinski definition) is 4. The third-order valence-corrected chi connectivity index (χ3v) is 5.57. The molecule has 150 valence electrons. The highest BCUT2D eigenvalue weighted by molar-refractivity contribution is 5.85. The molecule has 0 spiro atoms. The predicted molar refractivity (Wildman–Crippen MR) is 114 cm³/mol. The summed E-state index contributed by atoms with van der Waals surface area (Å²) in [7, 11) is 1.83. The molecule has 1 heterocycles. The molecule has 0 radical (unpaired) electrons. The molecule has 2 aliphatic rings. The van der Waals surface area contributed by atoms with E-state index in [4.69, 9.17) is 4.74 Å². The summed E-state index contributed by atoms with van der Waals surface area (Å²) in [6, 6.07) is 17.0. The molecule has 28 heavy (non-hydrogen) atoms. The summed E-state index contributed by atoms with van der Waals surface area (Å²) in [5.41, 5.74) is 5.13. The van der Waals surface area contributed by atoms with Crippen LogP contribution in [0.25, 0.3) is 11.1 Å². The van der Waals surface area contributed by atoms with E-state index in [1.54, 1.807) is 4.90 Å². The molecule has 4 rings (SSSR count). The van der Waals surface area contributed by atoms with Crippen LogP contribution in [-0.4, -0.2) is 68.8 Å². The molecule has 1 N–H and O–H groups in total. The fourth-order valence-corrected chi connectivity index (χ4v) is 4.11. The third kappa shape index (κ3) is 4.32. The van der Waals surface area contributed by atoms with Crippen molar-refractivity contribution in [1.82, 2.24) is 15.1 Å². The number of piperazine rings is 1. The van der Waals surface area contributed by atoms with E-state index in [2.05, 4.69) is 58.7 Å². The Balaban J connectivity index is 0.00000225. The SMILES string of the molecule is CN(CC1c2ccccc2-c2ccccc21)C(=O)OCCN1CCNCC1.Cl. The Kier molecular flexibility index (Phi) is 6.94. The van der Waals surface area contributed by atoms with Crippen LogP contribution in [0.2, 0.25) is 0 Å². The molecule has 1 saturated heterocycles. The first kappa shape index (κ1) is 20.6. The van der Waals surface area contributed by atoms with E-state index < -0.39 is 0 Å². The quantitative estimate of drug-likeness (QED) is 0.835. The molecule has 0 unspecified atom stereocenters. The number of nitrogens with one attached hydrogen (secondary N) is 1. The van der Waals surface area contributed by atoms with Gasteiger partial charge < -0.3 is 15.0 Å². The Morgan fingerprint density at radius 3 is 2.25 bits per heavy atom. The lowest BCUT2D eigenvalue weighted by molar-refractivity contribution is 0.0944. The average Bonchev–Trinajstić information content (AvgIpc) is 3.03. The van der Waals surface area contributed by atoms with Crippen molar-refractivity contribution in [2.24, 2.45) is 0 Å². The zero-order chi connectivity index (χ0) is 18.6. The van der Waals surface area contributed by atoms with Crippen molar-refractivity contribution >= 4 is 18.5 Å². The van der Waals surface area contributed by atoms with Crippen molar-refractivity contribution < 1.29 is 9.53 Å². The summed E-state index contributed by atoms with van der Waals surface area (Å²) in [6.45, 7) is 5.92. The molecule has 2 aromatic rings. The van der Waals surface area contributed by atoms with Gasteiger partial charge in [0.15, 0.2) is 0 Å². The van der Waals surface area contributed by atoms with Gasteiger partial charge in [0, 0.05) is 52.2 Å². The number of rotatable bonds is 5. The molecule has 0 atom stereocenters. The van der Waals surface area contributed by atoms with Crippen molar-refractivity contribution in [3.05, 3.63) is 59.7 Å². The second-order valence-corrected chi connectivity index (χ2v) is 7.31. The van der Waals surface area contributed by atoms with Crippen molar-refractivity contribution in [2.45, 2.75) is 5.92 Å². The van der Waals surface area contributed by atoms with Crippen LogP contribution in [0, 0.1) is 0 Å². The Morgan fingerprint density at radius 2 is 1.64 bits per heavy atom. The Bertz CT molecular complexity index is 762. The molecule has 1 aliphatic carbocycles. The van der Waals surface area contributed by atoms with Gasteiger partial charge in [-0.05, 0) is 22.3 Å². The van der Waals surface area contributed by atoms with Crippen LogP contribution in [0.3, 0.4) is 0 Å². The van der Waals surface area contributed by atoms with Crippen LogP contribution in [0.15, 0.2) is 48.5 Å². The van der Waals surface area contributed by atoms with Crippen molar-refractivity contribution in [3.8, 4) is 11.1 Å². The van der Waals surface area contributed by atoms with E-state index >= 15 is 0 Å². The Labute approximate surface area is 173 Å². The number of halogens is 1. The van der Waals surface area contributed by atoms with E-state index in [0.717, 1.165) is 32.7 Å². The number of hydrogen-bond donors (Lipinski definition) is 1. The van der Waals surface area contributed by atoms with Crippen LogP contribution >= 0.6 is 12.4 Å². The van der Waals surface area contributed by atoms with Crippen molar-refractivity contribution in [2.75, 3.05) is 52.9 Å². The predicted octanol–water partition coefficient (Wildman–Crippen LogP) is 3.19. The smallest absolute Gasteiger partial charge is 0.409 e. The molecule has 1 aliphatic heterocycles. The van der Waals surface area contributed by atoms with Crippen LogP contribution in [0.1, 0.15) is 17.0 Å². The van der Waals surface area contributed by atoms with E-state index in [1.165, 1.54) is 22.3 Å². The molecule has 0 bridgehead atoms. The summed E-state index contributed by atoms with van der Waals surface area (Å²) in [6.07, 6.45) is -0.244. The summed E-state index contributed by atoms with van der Waals surface area (Å²) in [5.74, 6) is 0.197. The van der Waals surface area contributed by atoms with Crippen molar-refractivity contribution in [1.29, 1.82) is 0 Å². The van der Waals surface area contributed by atoms with Gasteiger partial charge in [-0.3, -0.25) is 4.90 Å². The van der Waals surface area contributed by atoms with Gasteiger partial charge in [0.05, 0.1) is 0 Å². The van der Waals surface area contributed by atoms with Gasteiger partial charge in [0.2, 0.25) is 0 Å². The monoisotopic (exact) mass is 401 g/mol. The minimum absolute atomic E-state index is 0. The van der Waals surface area contributed by atoms with Gasteiger partial charge in [0.1, 0.15) is 6.61 Å². The first-order valence-electron chi connectivity index (χ1n) is 9.73. The van der Waals surface area contributed by atoms with Gasteiger partial charge in [-0.1, -0.05) is 48.5 Å². The summed E-state index contributed by atoms with van der Waals surface area (Å²) in [4.78, 5) is 16.5. The van der Waals surface area contributed by atoms with Gasteiger partial charge in [-0.2, -0.15) is 0 Å². The molecule has 1 amide bonds. The van der Waals surface area contributed by atoms with Gasteiger partial charge >= 0.3 is 6.09 Å². The van der Waals surface area contributed by atoms with Gasteiger partial charge in [0.25, 0.3) is 0 Å². The lowest BCUT2D eigenvalue weighted by atomic mass is 9.96. The molecule has 5 nitrogen and oxygen atoms in total. The number of benzene rings is 2. The second kappa shape index (κ2) is 9.41. The van der Waals surface area contributed by atoms with Crippen LogP contribution in [0.5, 0.6) is 0 Å². The molecule has 6 heteroatoms. The minimum Gasteiger partial charge on any atom is -0.448 e. The summed E-state index contributed by atoms with van der Waals surface area (Å²) >= 11 is 0. The largest absolute Gasteiger partial charge is 0.448 e. The third-order valence-electron chi connectivity index (χ3n) is 5.57. The fourth-order valence-electron chi connectivity index (χ4n) is 4.11. The Morgan fingerprint density at radius 1 is 1.07 bits per heavy atom. The summed E-state index contributed by atoms with van der Waals surface area (Å²) in [5, 5.41) is 3.33. The number of ether oxygens (including phenoxy) is 1. The lowest BCUT2D eigenvalue weighted by Gasteiger charge is -2.27. The maximum atomic E-state index is 12.5. The number of fused-ring (bicyclic) bond motifs is 3. The maximum Gasteiger partial charge on any atom is 0.409 e. The molecule has 2 aromatic carbocycles. The zero-order valence-corrected chi connectivity index (χ0v) is 17.1. The first-order chi connectivity index (χ1) is 13.2. The maximum absolute atomic E-state index is 12.5. The number of carbonyl (C=O) groups excluding carboxylic acids is 1. The first-order valence-corrected chi connectivity index (χ1v) is 9.73. The topological polar surface area (TPSA) is 44.8 Å². The van der Waals surface area contributed by atoms with Crippen molar-refractivity contribution in [3.63, 3.8) is 0 Å². The molecule has 0 aromatic heterocycles. The normalized spacial score (nSPS) is 16.0. The molecular formula is C22H28ClN3O2. The van der Waals surface area contributed by atoms with Gasteiger partial charge in [-0.15, -0.1) is 12.4 Å². The van der Waals surface area contributed by atoms with E-state index in [0.29, 0.717) is 13.2 Å². The van der Waals surface area contributed by atoms with E-state index in [-0.39, 0.29) is 24.4 Å². The number of amides is 1. The number of likely N-dealkylation sites (N-methyl/N-ethyl adjacent to an activating group) is 1. The highest BCUT2D eigenvalue weighted by Crippen LogP contribution is 2.44. The Hall–Kier alpha value is -2.08. The van der Waals surface area contributed by atoms with E-state index in [1.807, 2.05) is 7.05 Å². The van der Waals surface area contributed by atoms with Crippen LogP contribution in [0.4, 0.5) is 4.79 Å². The number of carbonyl (C=O) groups is 1. The highest BCUT2D eigenvalue weighted by atomic mass is 35.5.